The van der Waals surface area contributed by atoms with Crippen molar-refractivity contribution in [3.63, 3.8) is 0 Å². The van der Waals surface area contributed by atoms with Crippen LogP contribution in [-0.4, -0.2) is 44.9 Å². The number of amides is 2. The number of rotatable bonds is 6. The van der Waals surface area contributed by atoms with E-state index in [9.17, 15) is 24.3 Å². The fourth-order valence-electron chi connectivity index (χ4n) is 2.57. The van der Waals surface area contributed by atoms with Crippen LogP contribution in [0.25, 0.3) is 0 Å². The smallest absolute Gasteiger partial charge is 0.326 e. The first-order valence-corrected chi connectivity index (χ1v) is 6.82. The Morgan fingerprint density at radius 1 is 1.18 bits per heavy atom. The first-order chi connectivity index (χ1) is 10.4. The lowest BCUT2D eigenvalue weighted by atomic mass is 10.0. The van der Waals surface area contributed by atoms with Crippen molar-refractivity contribution in [3.05, 3.63) is 34.9 Å². The maximum atomic E-state index is 12.5. The molecule has 0 bridgehead atoms. The van der Waals surface area contributed by atoms with Gasteiger partial charge in [-0.1, -0.05) is 19.1 Å². The minimum atomic E-state index is -1.48. The highest BCUT2D eigenvalue weighted by atomic mass is 16.4. The molecule has 7 heteroatoms. The van der Waals surface area contributed by atoms with Gasteiger partial charge in [0.2, 0.25) is 0 Å². The van der Waals surface area contributed by atoms with E-state index < -0.39 is 36.2 Å². The van der Waals surface area contributed by atoms with Crippen molar-refractivity contribution in [3.8, 4) is 0 Å². The summed E-state index contributed by atoms with van der Waals surface area (Å²) in [5.74, 6) is -3.94. The third-order valence-corrected chi connectivity index (χ3v) is 3.64. The number of imide groups is 1. The van der Waals surface area contributed by atoms with Crippen LogP contribution in [0.5, 0.6) is 0 Å². The number of hydrogen-bond acceptors (Lipinski definition) is 4. The van der Waals surface area contributed by atoms with Gasteiger partial charge in [-0.05, 0) is 24.5 Å². The van der Waals surface area contributed by atoms with Gasteiger partial charge in [-0.15, -0.1) is 0 Å². The van der Waals surface area contributed by atoms with E-state index in [1.54, 1.807) is 12.1 Å². The number of carbonyl (C=O) groups is 4. The van der Waals surface area contributed by atoms with E-state index in [-0.39, 0.29) is 17.5 Å². The molecule has 0 aromatic heterocycles. The molecule has 2 rings (SSSR count). The van der Waals surface area contributed by atoms with Crippen LogP contribution in [0.4, 0.5) is 0 Å². The molecule has 1 heterocycles. The Morgan fingerprint density at radius 2 is 1.86 bits per heavy atom. The van der Waals surface area contributed by atoms with E-state index in [0.29, 0.717) is 16.9 Å². The van der Waals surface area contributed by atoms with Crippen molar-refractivity contribution in [1.29, 1.82) is 0 Å². The Hall–Kier alpha value is -2.70. The van der Waals surface area contributed by atoms with Gasteiger partial charge in [0.1, 0.15) is 6.04 Å². The fraction of sp³-hybridized carbons (Fsp3) is 0.333. The Morgan fingerprint density at radius 3 is 2.41 bits per heavy atom. The van der Waals surface area contributed by atoms with Gasteiger partial charge in [0.15, 0.2) is 0 Å². The van der Waals surface area contributed by atoms with Gasteiger partial charge in [0.25, 0.3) is 11.8 Å². The van der Waals surface area contributed by atoms with Crippen LogP contribution in [0.3, 0.4) is 0 Å². The number of aliphatic carboxylic acids is 2. The van der Waals surface area contributed by atoms with E-state index in [1.165, 1.54) is 6.07 Å². The van der Waals surface area contributed by atoms with Crippen LogP contribution in [0.15, 0.2) is 18.2 Å². The highest BCUT2D eigenvalue weighted by Gasteiger charge is 2.43. The van der Waals surface area contributed by atoms with Crippen LogP contribution in [0.1, 0.15) is 46.0 Å². The molecule has 1 aliphatic rings. The molecular formula is C15H15NO6. The largest absolute Gasteiger partial charge is 0.481 e. The molecule has 1 unspecified atom stereocenters. The van der Waals surface area contributed by atoms with Crippen LogP contribution in [0.2, 0.25) is 0 Å². The first-order valence-electron chi connectivity index (χ1n) is 6.82. The highest BCUT2D eigenvalue weighted by molar-refractivity contribution is 6.23. The van der Waals surface area contributed by atoms with Crippen LogP contribution in [0, 0.1) is 0 Å². The summed E-state index contributed by atoms with van der Waals surface area (Å²) in [5.41, 5.74) is 1.06. The maximum Gasteiger partial charge on any atom is 0.326 e. The number of aryl methyl sites for hydroxylation is 1. The van der Waals surface area contributed by atoms with Gasteiger partial charge in [-0.3, -0.25) is 19.3 Å². The topological polar surface area (TPSA) is 112 Å². The summed E-state index contributed by atoms with van der Waals surface area (Å²) in [5, 5.41) is 17.9. The molecule has 1 aromatic rings. The monoisotopic (exact) mass is 305 g/mol. The molecule has 2 N–H and O–H groups in total. The molecule has 0 spiro atoms. The highest BCUT2D eigenvalue weighted by Crippen LogP contribution is 2.29. The number of carboxylic acids is 2. The zero-order valence-corrected chi connectivity index (χ0v) is 11.9. The van der Waals surface area contributed by atoms with E-state index in [2.05, 4.69) is 0 Å². The van der Waals surface area contributed by atoms with E-state index in [0.717, 1.165) is 0 Å². The van der Waals surface area contributed by atoms with Crippen LogP contribution >= 0.6 is 0 Å². The molecular weight excluding hydrogens is 290 g/mol. The second-order valence-electron chi connectivity index (χ2n) is 4.96. The SMILES string of the molecule is CCc1cccc2c1C(=O)N(C(CCC(=O)O)C(=O)O)C2=O. The summed E-state index contributed by atoms with van der Waals surface area (Å²) >= 11 is 0. The Labute approximate surface area is 126 Å². The lowest BCUT2D eigenvalue weighted by Crippen LogP contribution is -2.45. The van der Waals surface area contributed by atoms with Crippen molar-refractivity contribution in [1.82, 2.24) is 4.90 Å². The summed E-state index contributed by atoms with van der Waals surface area (Å²) in [6.07, 6.45) is -0.231. The Kier molecular flexibility index (Phi) is 4.25. The van der Waals surface area contributed by atoms with E-state index in [1.807, 2.05) is 6.92 Å². The number of fused-ring (bicyclic) bond motifs is 1. The third-order valence-electron chi connectivity index (χ3n) is 3.64. The van der Waals surface area contributed by atoms with Gasteiger partial charge in [0.05, 0.1) is 11.1 Å². The maximum absolute atomic E-state index is 12.5. The summed E-state index contributed by atoms with van der Waals surface area (Å²) < 4.78 is 0. The summed E-state index contributed by atoms with van der Waals surface area (Å²) in [6.45, 7) is 1.83. The van der Waals surface area contributed by atoms with Crippen molar-refractivity contribution in [2.24, 2.45) is 0 Å². The van der Waals surface area contributed by atoms with Crippen LogP contribution < -0.4 is 0 Å². The predicted molar refractivity (Wildman–Crippen MR) is 74.6 cm³/mol. The third kappa shape index (κ3) is 2.57. The predicted octanol–water partition coefficient (Wildman–Crippen LogP) is 1.16. The standard InChI is InChI=1S/C15H15NO6/c1-2-8-4-3-5-9-12(8)14(20)16(13(9)19)10(15(21)22)6-7-11(17)18/h3-5,10H,2,6-7H2,1H3,(H,17,18)(H,21,22). The zero-order valence-electron chi connectivity index (χ0n) is 11.9. The van der Waals surface area contributed by atoms with Gasteiger partial charge < -0.3 is 10.2 Å². The lowest BCUT2D eigenvalue weighted by molar-refractivity contribution is -0.142. The molecule has 0 aliphatic carbocycles. The summed E-state index contributed by atoms with van der Waals surface area (Å²) in [6, 6.07) is 3.35. The second kappa shape index (κ2) is 5.97. The van der Waals surface area contributed by atoms with Crippen molar-refractivity contribution < 1.29 is 29.4 Å². The molecule has 7 nitrogen and oxygen atoms in total. The van der Waals surface area contributed by atoms with E-state index in [4.69, 9.17) is 5.11 Å². The fourth-order valence-corrected chi connectivity index (χ4v) is 2.57. The lowest BCUT2D eigenvalue weighted by Gasteiger charge is -2.21. The normalized spacial score (nSPS) is 14.9. The molecule has 0 saturated heterocycles. The molecule has 0 saturated carbocycles. The number of carbonyl (C=O) groups excluding carboxylic acids is 2. The zero-order chi connectivity index (χ0) is 16.4. The quantitative estimate of drug-likeness (QED) is 0.763. The number of nitrogens with zero attached hydrogens (tertiary/aromatic N) is 1. The summed E-state index contributed by atoms with van der Waals surface area (Å²) in [7, 11) is 0. The number of carboxylic acid groups (broad SMARTS) is 2. The van der Waals surface area contributed by atoms with Gasteiger partial charge in [-0.25, -0.2) is 4.79 Å². The van der Waals surface area contributed by atoms with E-state index >= 15 is 0 Å². The molecule has 1 aromatic carbocycles. The molecule has 2 amide bonds. The Balaban J connectivity index is 2.41. The van der Waals surface area contributed by atoms with Gasteiger partial charge in [0, 0.05) is 6.42 Å². The van der Waals surface area contributed by atoms with Crippen molar-refractivity contribution in [2.45, 2.75) is 32.2 Å². The molecule has 0 radical (unpaired) electrons. The minimum absolute atomic E-state index is 0.172. The number of hydrogen-bond donors (Lipinski definition) is 2. The van der Waals surface area contributed by atoms with Gasteiger partial charge >= 0.3 is 11.9 Å². The molecule has 0 fully saturated rings. The average molecular weight is 305 g/mol. The molecule has 1 atom stereocenters. The Bertz CT molecular complexity index is 666. The number of benzene rings is 1. The summed E-state index contributed by atoms with van der Waals surface area (Å²) in [4.78, 5) is 47.5. The second-order valence-corrected chi connectivity index (χ2v) is 4.96. The van der Waals surface area contributed by atoms with Crippen molar-refractivity contribution >= 4 is 23.8 Å². The van der Waals surface area contributed by atoms with Gasteiger partial charge in [-0.2, -0.15) is 0 Å². The average Bonchev–Trinajstić information content (AvgIpc) is 2.72. The van der Waals surface area contributed by atoms with Crippen LogP contribution in [-0.2, 0) is 16.0 Å². The molecule has 22 heavy (non-hydrogen) atoms. The first kappa shape index (κ1) is 15.7. The molecule has 1 aliphatic heterocycles. The van der Waals surface area contributed by atoms with Crippen molar-refractivity contribution in [2.75, 3.05) is 0 Å². The molecule has 116 valence electrons. The minimum Gasteiger partial charge on any atom is -0.481 e.